The second kappa shape index (κ2) is 14.2. The third-order valence-electron chi connectivity index (χ3n) is 5.93. The summed E-state index contributed by atoms with van der Waals surface area (Å²) in [7, 11) is 3.08. The topological polar surface area (TPSA) is 112 Å². The SMILES string of the molecule is C=CC(=O)Nc1cc(Nc2nccc(-c3cc(F)c4nc(C)n(C(C)C)c4c3)n2)c(OC)cc1OCCOC.CC. The predicted octanol–water partition coefficient (Wildman–Crippen LogP) is 6.45. The highest BCUT2D eigenvalue weighted by molar-refractivity contribution is 6.00. The van der Waals surface area contributed by atoms with Gasteiger partial charge in [0.05, 0.1) is 36.3 Å². The van der Waals surface area contributed by atoms with E-state index in [9.17, 15) is 4.79 Å². The van der Waals surface area contributed by atoms with E-state index in [0.717, 1.165) is 11.9 Å². The van der Waals surface area contributed by atoms with Crippen LogP contribution in [0.4, 0.5) is 21.7 Å². The molecule has 0 saturated heterocycles. The summed E-state index contributed by atoms with van der Waals surface area (Å²) in [5, 5.41) is 5.86. The molecule has 0 saturated carbocycles. The summed E-state index contributed by atoms with van der Waals surface area (Å²) in [5.41, 5.74) is 2.98. The second-order valence-corrected chi connectivity index (χ2v) is 8.92. The Kier molecular flexibility index (Phi) is 10.8. The Bertz CT molecular complexity index is 1520. The number of anilines is 3. The van der Waals surface area contributed by atoms with Crippen LogP contribution in [0.2, 0.25) is 0 Å². The molecule has 218 valence electrons. The number of hydrogen-bond acceptors (Lipinski definition) is 8. The molecule has 2 heterocycles. The van der Waals surface area contributed by atoms with Gasteiger partial charge in [0.1, 0.15) is 29.4 Å². The summed E-state index contributed by atoms with van der Waals surface area (Å²) in [6.45, 7) is 14.0. The number of ether oxygens (including phenoxy) is 3. The van der Waals surface area contributed by atoms with Crippen molar-refractivity contribution in [2.45, 2.75) is 40.7 Å². The number of halogens is 1. The minimum Gasteiger partial charge on any atom is -0.494 e. The van der Waals surface area contributed by atoms with Crippen molar-refractivity contribution in [2.75, 3.05) is 38.1 Å². The number of imidazole rings is 1. The molecule has 0 unspecified atom stereocenters. The minimum absolute atomic E-state index is 0.108. The van der Waals surface area contributed by atoms with E-state index in [4.69, 9.17) is 14.2 Å². The highest BCUT2D eigenvalue weighted by atomic mass is 19.1. The maximum absolute atomic E-state index is 15.0. The summed E-state index contributed by atoms with van der Waals surface area (Å²) in [4.78, 5) is 25.4. The molecule has 0 bridgehead atoms. The fraction of sp³-hybridized carbons (Fsp3) is 0.333. The number of methoxy groups -OCH3 is 2. The summed E-state index contributed by atoms with van der Waals surface area (Å²) in [6.07, 6.45) is 2.73. The van der Waals surface area contributed by atoms with Crippen molar-refractivity contribution in [3.05, 3.63) is 60.8 Å². The minimum atomic E-state index is -0.425. The number of rotatable bonds is 11. The van der Waals surface area contributed by atoms with Crippen molar-refractivity contribution in [1.29, 1.82) is 0 Å². The number of aryl methyl sites for hydroxylation is 1. The lowest BCUT2D eigenvalue weighted by Crippen LogP contribution is -2.12. The van der Waals surface area contributed by atoms with Crippen LogP contribution < -0.4 is 20.1 Å². The van der Waals surface area contributed by atoms with Crippen LogP contribution >= 0.6 is 0 Å². The van der Waals surface area contributed by atoms with E-state index >= 15 is 4.39 Å². The van der Waals surface area contributed by atoms with E-state index in [1.807, 2.05) is 45.3 Å². The number of fused-ring (bicyclic) bond motifs is 1. The van der Waals surface area contributed by atoms with E-state index in [1.165, 1.54) is 13.2 Å². The Morgan fingerprint density at radius 3 is 2.51 bits per heavy atom. The molecule has 1 amide bonds. The standard InChI is InChI=1S/C28H31FN6O4.C2H6/c1-7-26(36)32-22-14-21(24(38-6)15-25(22)39-11-10-37-5)34-28-30-9-8-20(33-28)18-12-19(29)27-23(13-18)35(16(2)3)17(4)31-27;1-2/h7-9,12-16H,1,10-11H2,2-6H3,(H,32,36)(H,30,33,34);1-2H3. The Labute approximate surface area is 239 Å². The quantitative estimate of drug-likeness (QED) is 0.158. The first-order valence-corrected chi connectivity index (χ1v) is 13.3. The molecule has 2 N–H and O–H groups in total. The van der Waals surface area contributed by atoms with E-state index < -0.39 is 11.7 Å². The maximum atomic E-state index is 15.0. The zero-order valence-electron chi connectivity index (χ0n) is 24.5. The van der Waals surface area contributed by atoms with Crippen molar-refractivity contribution in [2.24, 2.45) is 0 Å². The van der Waals surface area contributed by atoms with Gasteiger partial charge in [-0.3, -0.25) is 4.79 Å². The third kappa shape index (κ3) is 7.17. The van der Waals surface area contributed by atoms with E-state index in [2.05, 4.69) is 32.2 Å². The normalized spacial score (nSPS) is 10.7. The zero-order chi connectivity index (χ0) is 30.1. The fourth-order valence-corrected chi connectivity index (χ4v) is 4.23. The summed E-state index contributed by atoms with van der Waals surface area (Å²) >= 11 is 0. The molecule has 0 spiro atoms. The van der Waals surface area contributed by atoms with E-state index in [0.29, 0.717) is 51.8 Å². The van der Waals surface area contributed by atoms with Crippen molar-refractivity contribution in [1.82, 2.24) is 19.5 Å². The van der Waals surface area contributed by atoms with Gasteiger partial charge < -0.3 is 29.4 Å². The molecule has 2 aromatic heterocycles. The number of benzene rings is 2. The summed E-state index contributed by atoms with van der Waals surface area (Å²) in [5.74, 6) is 0.966. The number of amides is 1. The van der Waals surface area contributed by atoms with Gasteiger partial charge in [0.25, 0.3) is 0 Å². The molecule has 41 heavy (non-hydrogen) atoms. The molecular weight excluding hydrogens is 527 g/mol. The van der Waals surface area contributed by atoms with Gasteiger partial charge in [0.2, 0.25) is 11.9 Å². The van der Waals surface area contributed by atoms with Crippen LogP contribution in [0, 0.1) is 12.7 Å². The van der Waals surface area contributed by atoms with Gasteiger partial charge >= 0.3 is 0 Å². The molecule has 4 aromatic rings. The largest absolute Gasteiger partial charge is 0.494 e. The van der Waals surface area contributed by atoms with Crippen molar-refractivity contribution in [3.8, 4) is 22.8 Å². The van der Waals surface area contributed by atoms with Crippen molar-refractivity contribution >= 4 is 34.3 Å². The number of carbonyl (C=O) groups excluding carboxylic acids is 1. The molecule has 0 aliphatic heterocycles. The van der Waals surface area contributed by atoms with Crippen LogP contribution in [0.1, 0.15) is 39.6 Å². The van der Waals surface area contributed by atoms with Crippen LogP contribution in [0.5, 0.6) is 11.5 Å². The first-order chi connectivity index (χ1) is 19.7. The summed E-state index contributed by atoms with van der Waals surface area (Å²) < 4.78 is 33.4. The van der Waals surface area contributed by atoms with Gasteiger partial charge in [-0.2, -0.15) is 0 Å². The maximum Gasteiger partial charge on any atom is 0.247 e. The van der Waals surface area contributed by atoms with Crippen LogP contribution in [0.3, 0.4) is 0 Å². The van der Waals surface area contributed by atoms with Crippen LogP contribution in [-0.4, -0.2) is 52.9 Å². The third-order valence-corrected chi connectivity index (χ3v) is 5.93. The monoisotopic (exact) mass is 564 g/mol. The van der Waals surface area contributed by atoms with Crippen LogP contribution in [0.15, 0.2) is 49.2 Å². The van der Waals surface area contributed by atoms with Gasteiger partial charge in [-0.15, -0.1) is 0 Å². The fourth-order valence-electron chi connectivity index (χ4n) is 4.23. The smallest absolute Gasteiger partial charge is 0.247 e. The Hall–Kier alpha value is -4.51. The Morgan fingerprint density at radius 2 is 1.85 bits per heavy atom. The number of nitrogens with one attached hydrogen (secondary N) is 2. The molecule has 10 nitrogen and oxygen atoms in total. The molecular formula is C30H37FN6O4. The average molecular weight is 565 g/mol. The number of nitrogens with zero attached hydrogens (tertiary/aromatic N) is 4. The predicted molar refractivity (Wildman–Crippen MR) is 160 cm³/mol. The molecule has 0 atom stereocenters. The molecule has 4 rings (SSSR count). The number of aromatic nitrogens is 4. The first-order valence-electron chi connectivity index (χ1n) is 13.3. The lowest BCUT2D eigenvalue weighted by Gasteiger charge is -2.17. The van der Waals surface area contributed by atoms with Crippen molar-refractivity contribution in [3.63, 3.8) is 0 Å². The average Bonchev–Trinajstić information content (AvgIpc) is 3.32. The van der Waals surface area contributed by atoms with Crippen LogP contribution in [0.25, 0.3) is 22.3 Å². The van der Waals surface area contributed by atoms with Gasteiger partial charge in [-0.25, -0.2) is 19.3 Å². The van der Waals surface area contributed by atoms with Crippen molar-refractivity contribution < 1.29 is 23.4 Å². The van der Waals surface area contributed by atoms with Gasteiger partial charge in [-0.1, -0.05) is 20.4 Å². The van der Waals surface area contributed by atoms with Gasteiger partial charge in [-0.05, 0) is 51.1 Å². The highest BCUT2D eigenvalue weighted by Gasteiger charge is 2.18. The molecule has 0 aliphatic carbocycles. The highest BCUT2D eigenvalue weighted by Crippen LogP contribution is 2.38. The van der Waals surface area contributed by atoms with E-state index in [1.54, 1.807) is 31.5 Å². The zero-order valence-corrected chi connectivity index (χ0v) is 24.5. The lowest BCUT2D eigenvalue weighted by molar-refractivity contribution is -0.111. The Balaban J connectivity index is 0.00000226. The number of carbonyl (C=O) groups is 1. The molecule has 0 fully saturated rings. The van der Waals surface area contributed by atoms with E-state index in [-0.39, 0.29) is 18.6 Å². The molecule has 11 heteroatoms. The van der Waals surface area contributed by atoms with Gasteiger partial charge in [0, 0.05) is 31.0 Å². The summed E-state index contributed by atoms with van der Waals surface area (Å²) in [6, 6.07) is 8.39. The molecule has 2 aromatic carbocycles. The first kappa shape index (κ1) is 31.0. The Morgan fingerprint density at radius 1 is 1.10 bits per heavy atom. The lowest BCUT2D eigenvalue weighted by atomic mass is 10.1. The van der Waals surface area contributed by atoms with Crippen LogP contribution in [-0.2, 0) is 9.53 Å². The number of hydrogen-bond donors (Lipinski definition) is 2. The molecule has 0 aliphatic rings. The van der Waals surface area contributed by atoms with Gasteiger partial charge in [0.15, 0.2) is 5.82 Å². The second-order valence-electron chi connectivity index (χ2n) is 8.92. The molecule has 0 radical (unpaired) electrons.